The molecule has 7 heteroatoms. The maximum atomic E-state index is 11.7. The zero-order valence-corrected chi connectivity index (χ0v) is 11.6. The number of ether oxygens (including phenoxy) is 1. The van der Waals surface area contributed by atoms with Gasteiger partial charge in [-0.1, -0.05) is 17.7 Å². The molecule has 1 aromatic rings. The van der Waals surface area contributed by atoms with E-state index in [2.05, 4.69) is 17.2 Å². The van der Waals surface area contributed by atoms with Crippen LogP contribution >= 0.6 is 11.6 Å². The predicted octanol–water partition coefficient (Wildman–Crippen LogP) is 2.50. The third-order valence-corrected chi connectivity index (χ3v) is 2.76. The number of hydrogen-bond donors (Lipinski definition) is 3. The summed E-state index contributed by atoms with van der Waals surface area (Å²) in [6.07, 6.45) is 1.53. The number of carbonyl (C=O) groups is 2. The molecule has 1 atom stereocenters. The smallest absolute Gasteiger partial charge is 0.326 e. The first-order valence-corrected chi connectivity index (χ1v) is 6.10. The number of nitrogens with one attached hydrogen (secondary N) is 2. The van der Waals surface area contributed by atoms with Crippen LogP contribution < -0.4 is 15.4 Å². The van der Waals surface area contributed by atoms with Crippen molar-refractivity contribution < 1.29 is 19.4 Å². The Hall–Kier alpha value is -2.21. The lowest BCUT2D eigenvalue weighted by molar-refractivity contribution is -0.139. The van der Waals surface area contributed by atoms with Gasteiger partial charge in [0.15, 0.2) is 0 Å². The van der Waals surface area contributed by atoms with E-state index in [0.29, 0.717) is 16.5 Å². The molecule has 1 rings (SSSR count). The summed E-state index contributed by atoms with van der Waals surface area (Å²) in [4.78, 5) is 22.6. The van der Waals surface area contributed by atoms with Crippen LogP contribution in [-0.2, 0) is 4.79 Å². The topological polar surface area (TPSA) is 87.7 Å². The van der Waals surface area contributed by atoms with E-state index in [9.17, 15) is 9.59 Å². The summed E-state index contributed by atoms with van der Waals surface area (Å²) in [5.74, 6) is -0.623. The molecule has 0 saturated carbocycles. The molecule has 0 aliphatic rings. The van der Waals surface area contributed by atoms with Gasteiger partial charge in [0.1, 0.15) is 11.8 Å². The van der Waals surface area contributed by atoms with Crippen molar-refractivity contribution in [3.05, 3.63) is 35.9 Å². The van der Waals surface area contributed by atoms with Crippen LogP contribution in [0.1, 0.15) is 6.42 Å². The molecule has 6 nitrogen and oxygen atoms in total. The van der Waals surface area contributed by atoms with E-state index in [4.69, 9.17) is 21.4 Å². The number of amides is 2. The Morgan fingerprint density at radius 3 is 2.80 bits per heavy atom. The van der Waals surface area contributed by atoms with Crippen molar-refractivity contribution in [2.75, 3.05) is 12.4 Å². The third-order valence-electron chi connectivity index (χ3n) is 2.43. The van der Waals surface area contributed by atoms with Crippen LogP contribution in [0.15, 0.2) is 30.9 Å². The van der Waals surface area contributed by atoms with Gasteiger partial charge in [0.2, 0.25) is 0 Å². The maximum Gasteiger partial charge on any atom is 0.326 e. The lowest BCUT2D eigenvalue weighted by Crippen LogP contribution is -2.42. The molecule has 0 radical (unpaired) electrons. The molecule has 2 amide bonds. The number of hydrogen-bond acceptors (Lipinski definition) is 3. The van der Waals surface area contributed by atoms with Gasteiger partial charge in [0.05, 0.1) is 17.8 Å². The van der Waals surface area contributed by atoms with Crippen LogP contribution in [0.3, 0.4) is 0 Å². The highest BCUT2D eigenvalue weighted by atomic mass is 35.5. The maximum absolute atomic E-state index is 11.7. The normalized spacial score (nSPS) is 11.3. The van der Waals surface area contributed by atoms with Crippen molar-refractivity contribution in [1.82, 2.24) is 5.32 Å². The van der Waals surface area contributed by atoms with Gasteiger partial charge in [-0.15, -0.1) is 6.58 Å². The van der Waals surface area contributed by atoms with E-state index in [0.717, 1.165) is 0 Å². The molecule has 0 aliphatic heterocycles. The van der Waals surface area contributed by atoms with Crippen molar-refractivity contribution in [3.63, 3.8) is 0 Å². The van der Waals surface area contributed by atoms with E-state index in [1.807, 2.05) is 0 Å². The van der Waals surface area contributed by atoms with E-state index < -0.39 is 18.0 Å². The van der Waals surface area contributed by atoms with Gasteiger partial charge in [-0.2, -0.15) is 0 Å². The van der Waals surface area contributed by atoms with Crippen LogP contribution in [-0.4, -0.2) is 30.3 Å². The van der Waals surface area contributed by atoms with E-state index in [-0.39, 0.29) is 6.42 Å². The van der Waals surface area contributed by atoms with Crippen LogP contribution in [0.5, 0.6) is 5.75 Å². The number of carbonyl (C=O) groups excluding carboxylic acids is 1. The standard InChI is InChI=1S/C13H15ClN2O4/c1-3-4-10(12(17)18)15-13(19)16-11-7-8(20-2)5-6-9(11)14/h3,5-7,10H,1,4H2,2H3,(H,17,18)(H2,15,16,19). The Morgan fingerprint density at radius 1 is 1.55 bits per heavy atom. The summed E-state index contributed by atoms with van der Waals surface area (Å²) in [5, 5.41) is 14.0. The first kappa shape index (κ1) is 15.8. The monoisotopic (exact) mass is 298 g/mol. The van der Waals surface area contributed by atoms with E-state index >= 15 is 0 Å². The van der Waals surface area contributed by atoms with Gasteiger partial charge in [0, 0.05) is 6.07 Å². The molecule has 20 heavy (non-hydrogen) atoms. The average molecular weight is 299 g/mol. The number of rotatable bonds is 6. The molecule has 108 valence electrons. The zero-order chi connectivity index (χ0) is 15.1. The Morgan fingerprint density at radius 2 is 2.25 bits per heavy atom. The van der Waals surface area contributed by atoms with Gasteiger partial charge < -0.3 is 20.5 Å². The second kappa shape index (κ2) is 7.40. The van der Waals surface area contributed by atoms with Gasteiger partial charge in [0.25, 0.3) is 0 Å². The Balaban J connectivity index is 2.75. The summed E-state index contributed by atoms with van der Waals surface area (Å²) in [7, 11) is 1.48. The molecule has 1 unspecified atom stereocenters. The molecule has 3 N–H and O–H groups in total. The number of methoxy groups -OCH3 is 1. The molecule has 0 fully saturated rings. The fraction of sp³-hybridized carbons (Fsp3) is 0.231. The summed E-state index contributed by atoms with van der Waals surface area (Å²) in [5.41, 5.74) is 0.325. The van der Waals surface area contributed by atoms with Crippen molar-refractivity contribution in [3.8, 4) is 5.75 Å². The third kappa shape index (κ3) is 4.47. The minimum atomic E-state index is -1.14. The summed E-state index contributed by atoms with van der Waals surface area (Å²) in [6, 6.07) is 3.02. The number of carboxylic acid groups (broad SMARTS) is 1. The van der Waals surface area contributed by atoms with Crippen LogP contribution in [0, 0.1) is 0 Å². The molecular weight excluding hydrogens is 284 g/mol. The second-order valence-corrected chi connectivity index (χ2v) is 4.27. The highest BCUT2D eigenvalue weighted by molar-refractivity contribution is 6.33. The zero-order valence-electron chi connectivity index (χ0n) is 10.9. The number of carboxylic acids is 1. The average Bonchev–Trinajstić information content (AvgIpc) is 2.40. The molecular formula is C13H15ClN2O4. The fourth-order valence-corrected chi connectivity index (χ4v) is 1.60. The summed E-state index contributed by atoms with van der Waals surface area (Å²) in [6.45, 7) is 3.44. The minimum absolute atomic E-state index is 0.120. The number of urea groups is 1. The molecule has 0 aliphatic carbocycles. The highest BCUT2D eigenvalue weighted by Crippen LogP contribution is 2.26. The Bertz CT molecular complexity index is 519. The van der Waals surface area contributed by atoms with E-state index in [1.54, 1.807) is 12.1 Å². The first-order valence-electron chi connectivity index (χ1n) is 5.72. The van der Waals surface area contributed by atoms with Crippen LogP contribution in [0.2, 0.25) is 5.02 Å². The first-order chi connectivity index (χ1) is 9.47. The number of benzene rings is 1. The van der Waals surface area contributed by atoms with Gasteiger partial charge in [-0.3, -0.25) is 0 Å². The van der Waals surface area contributed by atoms with Gasteiger partial charge in [-0.05, 0) is 18.6 Å². The number of anilines is 1. The SMILES string of the molecule is C=CCC(NC(=O)Nc1cc(OC)ccc1Cl)C(=O)O. The molecule has 0 saturated heterocycles. The molecule has 0 spiro atoms. The van der Waals surface area contributed by atoms with Gasteiger partial charge in [-0.25, -0.2) is 9.59 Å². The predicted molar refractivity (Wildman–Crippen MR) is 76.4 cm³/mol. The Labute approximate surface area is 121 Å². The van der Waals surface area contributed by atoms with Gasteiger partial charge >= 0.3 is 12.0 Å². The number of aliphatic carboxylic acids is 1. The van der Waals surface area contributed by atoms with Crippen molar-refractivity contribution in [2.24, 2.45) is 0 Å². The molecule has 0 heterocycles. The van der Waals surface area contributed by atoms with Crippen molar-refractivity contribution in [1.29, 1.82) is 0 Å². The molecule has 0 aromatic heterocycles. The lowest BCUT2D eigenvalue weighted by Gasteiger charge is -2.14. The van der Waals surface area contributed by atoms with E-state index in [1.165, 1.54) is 19.3 Å². The van der Waals surface area contributed by atoms with Crippen LogP contribution in [0.25, 0.3) is 0 Å². The quantitative estimate of drug-likeness (QED) is 0.704. The second-order valence-electron chi connectivity index (χ2n) is 3.86. The van der Waals surface area contributed by atoms with Crippen molar-refractivity contribution in [2.45, 2.75) is 12.5 Å². The van der Waals surface area contributed by atoms with Crippen molar-refractivity contribution >= 4 is 29.3 Å². The largest absolute Gasteiger partial charge is 0.497 e. The fourth-order valence-electron chi connectivity index (χ4n) is 1.43. The highest BCUT2D eigenvalue weighted by Gasteiger charge is 2.18. The van der Waals surface area contributed by atoms with Crippen LogP contribution in [0.4, 0.5) is 10.5 Å². The Kier molecular flexibility index (Phi) is 5.86. The molecule has 1 aromatic carbocycles. The molecule has 0 bridgehead atoms. The summed E-state index contributed by atoms with van der Waals surface area (Å²) < 4.78 is 5.01. The lowest BCUT2D eigenvalue weighted by atomic mass is 10.2. The number of halogens is 1. The minimum Gasteiger partial charge on any atom is -0.497 e. The summed E-state index contributed by atoms with van der Waals surface area (Å²) >= 11 is 5.93.